The van der Waals surface area contributed by atoms with Crippen molar-refractivity contribution in [1.29, 1.82) is 0 Å². The van der Waals surface area contributed by atoms with Crippen LogP contribution in [0.25, 0.3) is 21.9 Å². The molecule has 0 radical (unpaired) electrons. The van der Waals surface area contributed by atoms with Gasteiger partial charge in [-0.15, -0.1) is 0 Å². The second-order valence-corrected chi connectivity index (χ2v) is 5.22. The van der Waals surface area contributed by atoms with Gasteiger partial charge in [0.2, 0.25) is 0 Å². The van der Waals surface area contributed by atoms with E-state index in [-0.39, 0.29) is 0 Å². The fourth-order valence-electron chi connectivity index (χ4n) is 2.55. The highest BCUT2D eigenvalue weighted by Gasteiger charge is 2.19. The molecule has 0 saturated carbocycles. The van der Waals surface area contributed by atoms with Crippen LogP contribution in [0.4, 0.5) is 0 Å². The van der Waals surface area contributed by atoms with Gasteiger partial charge in [-0.3, -0.25) is 0 Å². The maximum Gasteiger partial charge on any atom is 0.154 e. The molecular formula is C15H16ClNO2. The van der Waals surface area contributed by atoms with Gasteiger partial charge in [0, 0.05) is 16.3 Å². The number of aryl methyl sites for hydroxylation is 2. The van der Waals surface area contributed by atoms with Gasteiger partial charge >= 0.3 is 0 Å². The van der Waals surface area contributed by atoms with Gasteiger partial charge in [0.05, 0.1) is 5.02 Å². The summed E-state index contributed by atoms with van der Waals surface area (Å²) in [4.78, 5) is 0. The third-order valence-electron chi connectivity index (χ3n) is 3.37. The van der Waals surface area contributed by atoms with Crippen molar-refractivity contribution in [1.82, 2.24) is 5.32 Å². The highest BCUT2D eigenvalue weighted by atomic mass is 35.5. The first-order chi connectivity index (χ1) is 9.11. The molecule has 0 fully saturated rings. The van der Waals surface area contributed by atoms with Gasteiger partial charge < -0.3 is 14.2 Å². The van der Waals surface area contributed by atoms with Crippen molar-refractivity contribution in [3.63, 3.8) is 0 Å². The van der Waals surface area contributed by atoms with Crippen LogP contribution in [-0.2, 0) is 6.42 Å². The standard InChI is InChI=1S/C15H16ClNO2/c1-8-6-11-10(4-5-17-3)14-12(7-9(2)18-14)13(16)15(11)19-8/h6-7,17H,4-5H2,1-3H3. The lowest BCUT2D eigenvalue weighted by molar-refractivity contribution is 0.572. The molecule has 0 unspecified atom stereocenters. The summed E-state index contributed by atoms with van der Waals surface area (Å²) in [5.74, 6) is 1.74. The Morgan fingerprint density at radius 2 is 1.68 bits per heavy atom. The number of furan rings is 2. The van der Waals surface area contributed by atoms with Gasteiger partial charge in [0.25, 0.3) is 0 Å². The maximum atomic E-state index is 6.44. The van der Waals surface area contributed by atoms with Crippen molar-refractivity contribution in [3.05, 3.63) is 34.2 Å². The van der Waals surface area contributed by atoms with Crippen LogP contribution in [0, 0.1) is 13.8 Å². The van der Waals surface area contributed by atoms with Crippen molar-refractivity contribution in [2.75, 3.05) is 13.6 Å². The minimum atomic E-state index is 0.642. The summed E-state index contributed by atoms with van der Waals surface area (Å²) in [6, 6.07) is 4.00. The number of nitrogens with one attached hydrogen (secondary N) is 1. The Bertz CT molecular complexity index is 697. The number of hydrogen-bond acceptors (Lipinski definition) is 3. The van der Waals surface area contributed by atoms with E-state index in [9.17, 15) is 0 Å². The Balaban J connectivity index is 2.40. The first kappa shape index (κ1) is 12.6. The molecule has 2 heterocycles. The van der Waals surface area contributed by atoms with Crippen molar-refractivity contribution >= 4 is 33.5 Å². The smallest absolute Gasteiger partial charge is 0.154 e. The van der Waals surface area contributed by atoms with Crippen LogP contribution in [0.1, 0.15) is 17.1 Å². The van der Waals surface area contributed by atoms with E-state index < -0.39 is 0 Å². The zero-order chi connectivity index (χ0) is 13.6. The molecule has 0 spiro atoms. The largest absolute Gasteiger partial charge is 0.461 e. The molecule has 0 aliphatic rings. The minimum absolute atomic E-state index is 0.642. The molecule has 1 aromatic carbocycles. The molecule has 100 valence electrons. The molecule has 0 aliphatic carbocycles. The van der Waals surface area contributed by atoms with Crippen LogP contribution >= 0.6 is 11.6 Å². The van der Waals surface area contributed by atoms with E-state index in [1.165, 1.54) is 0 Å². The predicted molar refractivity (Wildman–Crippen MR) is 78.1 cm³/mol. The van der Waals surface area contributed by atoms with Crippen LogP contribution < -0.4 is 5.32 Å². The van der Waals surface area contributed by atoms with Gasteiger partial charge in [0.1, 0.15) is 17.1 Å². The van der Waals surface area contributed by atoms with E-state index in [1.54, 1.807) is 0 Å². The van der Waals surface area contributed by atoms with Gasteiger partial charge in [-0.1, -0.05) is 11.6 Å². The number of hydrogen-bond donors (Lipinski definition) is 1. The molecule has 3 rings (SSSR count). The molecule has 0 aliphatic heterocycles. The molecule has 1 N–H and O–H groups in total. The average molecular weight is 278 g/mol. The average Bonchev–Trinajstić information content (AvgIpc) is 2.93. The van der Waals surface area contributed by atoms with Gasteiger partial charge in [-0.25, -0.2) is 0 Å². The molecule has 0 amide bonds. The third kappa shape index (κ3) is 1.94. The molecule has 0 bridgehead atoms. The van der Waals surface area contributed by atoms with Gasteiger partial charge in [-0.2, -0.15) is 0 Å². The van der Waals surface area contributed by atoms with Crippen LogP contribution in [0.15, 0.2) is 21.0 Å². The van der Waals surface area contributed by atoms with Gasteiger partial charge in [-0.05, 0) is 46.0 Å². The lowest BCUT2D eigenvalue weighted by Gasteiger charge is -2.05. The van der Waals surface area contributed by atoms with Crippen LogP contribution in [0.2, 0.25) is 5.02 Å². The lowest BCUT2D eigenvalue weighted by atomic mass is 10.0. The minimum Gasteiger partial charge on any atom is -0.461 e. The summed E-state index contributed by atoms with van der Waals surface area (Å²) in [5.41, 5.74) is 2.80. The van der Waals surface area contributed by atoms with Crippen LogP contribution in [0.3, 0.4) is 0 Å². The first-order valence-corrected chi connectivity index (χ1v) is 6.75. The Morgan fingerprint density at radius 1 is 1.05 bits per heavy atom. The number of fused-ring (bicyclic) bond motifs is 2. The lowest BCUT2D eigenvalue weighted by Crippen LogP contribution is -2.10. The number of benzene rings is 1. The topological polar surface area (TPSA) is 38.3 Å². The second-order valence-electron chi connectivity index (χ2n) is 4.85. The summed E-state index contributed by atoms with van der Waals surface area (Å²) in [6.07, 6.45) is 0.882. The molecule has 2 aromatic heterocycles. The van der Waals surface area contributed by atoms with Crippen LogP contribution in [-0.4, -0.2) is 13.6 Å². The highest BCUT2D eigenvalue weighted by molar-refractivity contribution is 6.40. The van der Waals surface area contributed by atoms with Crippen molar-refractivity contribution in [2.24, 2.45) is 0 Å². The number of likely N-dealkylation sites (N-methyl/N-ethyl adjacent to an activating group) is 1. The summed E-state index contributed by atoms with van der Waals surface area (Å²) in [7, 11) is 1.94. The second kappa shape index (κ2) is 4.58. The van der Waals surface area contributed by atoms with E-state index in [1.807, 2.05) is 33.0 Å². The molecular weight excluding hydrogens is 262 g/mol. The monoisotopic (exact) mass is 277 g/mol. The molecule has 0 saturated heterocycles. The third-order valence-corrected chi connectivity index (χ3v) is 3.75. The number of halogens is 1. The van der Waals surface area contributed by atoms with Crippen molar-refractivity contribution < 1.29 is 8.83 Å². The highest BCUT2D eigenvalue weighted by Crippen LogP contribution is 2.39. The fourth-order valence-corrected chi connectivity index (χ4v) is 2.83. The van der Waals surface area contributed by atoms with Crippen molar-refractivity contribution in [3.8, 4) is 0 Å². The molecule has 0 atom stereocenters. The summed E-state index contributed by atoms with van der Waals surface area (Å²) in [6.45, 7) is 4.76. The van der Waals surface area contributed by atoms with Gasteiger partial charge in [0.15, 0.2) is 5.58 Å². The Kier molecular flexibility index (Phi) is 3.03. The SMILES string of the molecule is CNCCc1c2cc(C)oc2c(Cl)c2cc(C)oc12. The molecule has 3 nitrogen and oxygen atoms in total. The molecule has 4 heteroatoms. The normalized spacial score (nSPS) is 11.8. The Labute approximate surface area is 116 Å². The predicted octanol–water partition coefficient (Wildman–Crippen LogP) is 4.21. The Morgan fingerprint density at radius 3 is 2.37 bits per heavy atom. The van der Waals surface area contributed by atoms with E-state index in [0.29, 0.717) is 5.02 Å². The van der Waals surface area contributed by atoms with E-state index in [2.05, 4.69) is 5.32 Å². The zero-order valence-corrected chi connectivity index (χ0v) is 12.0. The summed E-state index contributed by atoms with van der Waals surface area (Å²) >= 11 is 6.44. The first-order valence-electron chi connectivity index (χ1n) is 6.37. The maximum absolute atomic E-state index is 6.44. The van der Waals surface area contributed by atoms with Crippen molar-refractivity contribution in [2.45, 2.75) is 20.3 Å². The quantitative estimate of drug-likeness (QED) is 0.779. The summed E-state index contributed by atoms with van der Waals surface area (Å²) < 4.78 is 11.6. The van der Waals surface area contributed by atoms with E-state index in [0.717, 1.165) is 52.0 Å². The van der Waals surface area contributed by atoms with E-state index >= 15 is 0 Å². The molecule has 19 heavy (non-hydrogen) atoms. The Hall–Kier alpha value is -1.45. The van der Waals surface area contributed by atoms with Crippen LogP contribution in [0.5, 0.6) is 0 Å². The van der Waals surface area contributed by atoms with E-state index in [4.69, 9.17) is 20.4 Å². The summed E-state index contributed by atoms with van der Waals surface area (Å²) in [5, 5.41) is 5.80. The zero-order valence-electron chi connectivity index (χ0n) is 11.3. The number of rotatable bonds is 3. The fraction of sp³-hybridized carbons (Fsp3) is 0.333. The molecule has 3 aromatic rings.